The van der Waals surface area contributed by atoms with Gasteiger partial charge in [-0.3, -0.25) is 9.10 Å². The molecule has 152 valence electrons. The number of rotatable bonds is 9. The summed E-state index contributed by atoms with van der Waals surface area (Å²) < 4.78 is 36.1. The Kier molecular flexibility index (Phi) is 7.28. The van der Waals surface area contributed by atoms with Gasteiger partial charge in [-0.05, 0) is 61.4 Å². The lowest BCUT2D eigenvalue weighted by Gasteiger charge is -2.22. The van der Waals surface area contributed by atoms with Gasteiger partial charge in [-0.2, -0.15) is 0 Å². The van der Waals surface area contributed by atoms with Crippen molar-refractivity contribution in [2.45, 2.75) is 13.8 Å². The van der Waals surface area contributed by atoms with E-state index in [0.717, 1.165) is 27.4 Å². The summed E-state index contributed by atoms with van der Waals surface area (Å²) in [6.07, 6.45) is 1.09. The summed E-state index contributed by atoms with van der Waals surface area (Å²) in [7, 11) is -2.01. The first-order valence-corrected chi connectivity index (χ1v) is 10.6. The standard InChI is InChI=1S/C20H26N2O5S/c1-15-11-16(2)13-17(12-15)22(28(4,24)25)14-20(23)21-9-10-27-19-7-5-18(26-3)6-8-19/h5-8,11-13H,9-10,14H2,1-4H3,(H,21,23). The molecule has 0 aliphatic carbocycles. The third-order valence-corrected chi connectivity index (χ3v) is 5.07. The second-order valence-electron chi connectivity index (χ2n) is 6.49. The predicted octanol–water partition coefficient (Wildman–Crippen LogP) is 2.27. The Balaban J connectivity index is 1.91. The Morgan fingerprint density at radius 3 is 2.14 bits per heavy atom. The highest BCUT2D eigenvalue weighted by molar-refractivity contribution is 7.92. The molecule has 8 heteroatoms. The van der Waals surface area contributed by atoms with E-state index < -0.39 is 15.9 Å². The lowest BCUT2D eigenvalue weighted by molar-refractivity contribution is -0.119. The third-order valence-electron chi connectivity index (χ3n) is 3.93. The quantitative estimate of drug-likeness (QED) is 0.646. The van der Waals surface area contributed by atoms with Crippen LogP contribution in [-0.4, -0.2) is 47.4 Å². The number of carbonyl (C=O) groups is 1. The monoisotopic (exact) mass is 406 g/mol. The number of hydrogen-bond donors (Lipinski definition) is 1. The van der Waals surface area contributed by atoms with Gasteiger partial charge >= 0.3 is 0 Å². The van der Waals surface area contributed by atoms with Crippen molar-refractivity contribution in [3.05, 3.63) is 53.6 Å². The molecule has 0 saturated carbocycles. The van der Waals surface area contributed by atoms with Crippen molar-refractivity contribution in [1.82, 2.24) is 5.32 Å². The highest BCUT2D eigenvalue weighted by atomic mass is 32.2. The maximum absolute atomic E-state index is 12.2. The molecule has 2 aromatic rings. The molecule has 0 heterocycles. The van der Waals surface area contributed by atoms with Crippen molar-refractivity contribution in [2.75, 3.05) is 37.4 Å². The van der Waals surface area contributed by atoms with Crippen LogP contribution in [0.4, 0.5) is 5.69 Å². The molecule has 0 aliphatic rings. The minimum absolute atomic E-state index is 0.259. The number of ether oxygens (including phenoxy) is 2. The topological polar surface area (TPSA) is 84.9 Å². The summed E-state index contributed by atoms with van der Waals surface area (Å²) in [5.74, 6) is 0.985. The Morgan fingerprint density at radius 2 is 1.61 bits per heavy atom. The summed E-state index contributed by atoms with van der Waals surface area (Å²) >= 11 is 0. The molecule has 2 aromatic carbocycles. The van der Waals surface area contributed by atoms with Crippen LogP contribution in [0.15, 0.2) is 42.5 Å². The summed E-state index contributed by atoms with van der Waals surface area (Å²) in [6.45, 7) is 4.00. The SMILES string of the molecule is COc1ccc(OCCNC(=O)CN(c2cc(C)cc(C)c2)S(C)(=O)=O)cc1. The molecule has 0 atom stereocenters. The second kappa shape index (κ2) is 9.45. The van der Waals surface area contributed by atoms with Crippen LogP contribution in [0.3, 0.4) is 0 Å². The molecule has 0 fully saturated rings. The summed E-state index contributed by atoms with van der Waals surface area (Å²) in [5, 5.41) is 2.68. The van der Waals surface area contributed by atoms with E-state index in [1.807, 2.05) is 19.9 Å². The summed E-state index contributed by atoms with van der Waals surface area (Å²) in [5.41, 5.74) is 2.33. The van der Waals surface area contributed by atoms with Crippen molar-refractivity contribution in [1.29, 1.82) is 0 Å². The number of carbonyl (C=O) groups excluding carboxylic acids is 1. The first kappa shape index (κ1) is 21.6. The first-order chi connectivity index (χ1) is 13.2. The molecule has 28 heavy (non-hydrogen) atoms. The number of hydrogen-bond acceptors (Lipinski definition) is 5. The van der Waals surface area contributed by atoms with Crippen LogP contribution < -0.4 is 19.1 Å². The number of nitrogens with zero attached hydrogens (tertiary/aromatic N) is 1. The largest absolute Gasteiger partial charge is 0.497 e. The van der Waals surface area contributed by atoms with E-state index in [1.54, 1.807) is 43.5 Å². The molecular weight excluding hydrogens is 380 g/mol. The Bertz CT molecular complexity index is 890. The maximum Gasteiger partial charge on any atom is 0.240 e. The Morgan fingerprint density at radius 1 is 1.04 bits per heavy atom. The van der Waals surface area contributed by atoms with Crippen LogP contribution >= 0.6 is 0 Å². The van der Waals surface area contributed by atoms with E-state index in [9.17, 15) is 13.2 Å². The zero-order valence-corrected chi connectivity index (χ0v) is 17.4. The molecule has 0 aliphatic heterocycles. The van der Waals surface area contributed by atoms with Crippen molar-refractivity contribution >= 4 is 21.6 Å². The zero-order valence-electron chi connectivity index (χ0n) is 16.6. The minimum atomic E-state index is -3.60. The molecule has 0 aromatic heterocycles. The molecule has 7 nitrogen and oxygen atoms in total. The van der Waals surface area contributed by atoms with Crippen LogP contribution in [0, 0.1) is 13.8 Å². The average molecular weight is 407 g/mol. The van der Waals surface area contributed by atoms with Crippen molar-refractivity contribution in [3.63, 3.8) is 0 Å². The molecule has 0 spiro atoms. The zero-order chi connectivity index (χ0) is 20.7. The van der Waals surface area contributed by atoms with Crippen LogP contribution in [-0.2, 0) is 14.8 Å². The van der Waals surface area contributed by atoms with E-state index in [-0.39, 0.29) is 19.7 Å². The van der Waals surface area contributed by atoms with Crippen LogP contribution in [0.2, 0.25) is 0 Å². The molecule has 0 bridgehead atoms. The van der Waals surface area contributed by atoms with Gasteiger partial charge in [0, 0.05) is 0 Å². The number of aryl methyl sites for hydroxylation is 2. The van der Waals surface area contributed by atoms with E-state index in [0.29, 0.717) is 11.4 Å². The number of anilines is 1. The second-order valence-corrected chi connectivity index (χ2v) is 8.40. The van der Waals surface area contributed by atoms with Crippen LogP contribution in [0.5, 0.6) is 11.5 Å². The highest BCUT2D eigenvalue weighted by Gasteiger charge is 2.21. The molecule has 1 N–H and O–H groups in total. The van der Waals surface area contributed by atoms with Crippen LogP contribution in [0.1, 0.15) is 11.1 Å². The van der Waals surface area contributed by atoms with Gasteiger partial charge in [0.25, 0.3) is 0 Å². The maximum atomic E-state index is 12.2. The molecular formula is C20H26N2O5S. The van der Waals surface area contributed by atoms with Crippen molar-refractivity contribution in [3.8, 4) is 11.5 Å². The van der Waals surface area contributed by atoms with E-state index >= 15 is 0 Å². The van der Waals surface area contributed by atoms with Gasteiger partial charge in [0.15, 0.2) is 0 Å². The first-order valence-electron chi connectivity index (χ1n) is 8.78. The van der Waals surface area contributed by atoms with E-state index in [2.05, 4.69) is 5.32 Å². The Hall–Kier alpha value is -2.74. The van der Waals surface area contributed by atoms with Gasteiger partial charge < -0.3 is 14.8 Å². The number of sulfonamides is 1. The van der Waals surface area contributed by atoms with Crippen LogP contribution in [0.25, 0.3) is 0 Å². The number of methoxy groups -OCH3 is 1. The molecule has 0 unspecified atom stereocenters. The minimum Gasteiger partial charge on any atom is -0.497 e. The lowest BCUT2D eigenvalue weighted by atomic mass is 10.1. The van der Waals surface area contributed by atoms with Gasteiger partial charge in [0.2, 0.25) is 15.9 Å². The van der Waals surface area contributed by atoms with Gasteiger partial charge in [0.05, 0.1) is 25.6 Å². The average Bonchev–Trinajstić information content (AvgIpc) is 2.62. The highest BCUT2D eigenvalue weighted by Crippen LogP contribution is 2.21. The van der Waals surface area contributed by atoms with E-state index in [4.69, 9.17) is 9.47 Å². The molecule has 0 saturated heterocycles. The Labute approximate surface area is 166 Å². The van der Waals surface area contributed by atoms with Crippen molar-refractivity contribution in [2.24, 2.45) is 0 Å². The molecule has 0 radical (unpaired) electrons. The number of nitrogens with one attached hydrogen (secondary N) is 1. The van der Waals surface area contributed by atoms with Gasteiger partial charge in [-0.25, -0.2) is 8.42 Å². The fourth-order valence-corrected chi connectivity index (χ4v) is 3.55. The van der Waals surface area contributed by atoms with Gasteiger partial charge in [0.1, 0.15) is 24.7 Å². The van der Waals surface area contributed by atoms with Gasteiger partial charge in [-0.15, -0.1) is 0 Å². The molecule has 2 rings (SSSR count). The number of amides is 1. The smallest absolute Gasteiger partial charge is 0.240 e. The lowest BCUT2D eigenvalue weighted by Crippen LogP contribution is -2.41. The predicted molar refractivity (Wildman–Crippen MR) is 110 cm³/mol. The molecule has 1 amide bonds. The number of benzene rings is 2. The fraction of sp³-hybridized carbons (Fsp3) is 0.350. The summed E-state index contributed by atoms with van der Waals surface area (Å²) in [4.78, 5) is 12.2. The van der Waals surface area contributed by atoms with Gasteiger partial charge in [-0.1, -0.05) is 6.07 Å². The normalized spacial score (nSPS) is 11.0. The fourth-order valence-electron chi connectivity index (χ4n) is 2.71. The summed E-state index contributed by atoms with van der Waals surface area (Å²) in [6, 6.07) is 12.5. The van der Waals surface area contributed by atoms with Crippen molar-refractivity contribution < 1.29 is 22.7 Å². The third kappa shape index (κ3) is 6.45. The van der Waals surface area contributed by atoms with E-state index in [1.165, 1.54) is 0 Å².